The van der Waals surface area contributed by atoms with Crippen LogP contribution in [0.2, 0.25) is 0 Å². The van der Waals surface area contributed by atoms with Gasteiger partial charge in [-0.15, -0.1) is 0 Å². The maximum atomic E-state index is 13.6. The monoisotopic (exact) mass is 494 g/mol. The van der Waals surface area contributed by atoms with Crippen molar-refractivity contribution in [1.29, 1.82) is 0 Å². The largest absolute Gasteiger partial charge is 0.497 e. The topological polar surface area (TPSA) is 54.0 Å². The first kappa shape index (κ1) is 24.8. The fourth-order valence-electron chi connectivity index (χ4n) is 4.63. The van der Waals surface area contributed by atoms with Crippen molar-refractivity contribution < 1.29 is 23.7 Å². The average molecular weight is 495 g/mol. The summed E-state index contributed by atoms with van der Waals surface area (Å²) in [6.45, 7) is 1.55. The summed E-state index contributed by atoms with van der Waals surface area (Å²) in [6.07, 6.45) is 1.17. The van der Waals surface area contributed by atoms with E-state index >= 15 is 0 Å². The molecular formula is C32H30O5. The quantitative estimate of drug-likeness (QED) is 0.241. The number of rotatable bonds is 10. The van der Waals surface area contributed by atoms with Crippen LogP contribution in [0.1, 0.15) is 39.0 Å². The van der Waals surface area contributed by atoms with Gasteiger partial charge in [-0.2, -0.15) is 0 Å². The highest BCUT2D eigenvalue weighted by Crippen LogP contribution is 2.37. The van der Waals surface area contributed by atoms with Gasteiger partial charge < -0.3 is 18.9 Å². The molecule has 37 heavy (non-hydrogen) atoms. The Morgan fingerprint density at radius 3 is 2.14 bits per heavy atom. The zero-order valence-electron chi connectivity index (χ0n) is 20.9. The lowest BCUT2D eigenvalue weighted by Crippen LogP contribution is -2.28. The highest BCUT2D eigenvalue weighted by atomic mass is 16.7. The van der Waals surface area contributed by atoms with Gasteiger partial charge in [0.25, 0.3) is 0 Å². The van der Waals surface area contributed by atoms with Crippen LogP contribution < -0.4 is 9.47 Å². The second-order valence-electron chi connectivity index (χ2n) is 8.97. The third-order valence-corrected chi connectivity index (χ3v) is 6.61. The molecule has 4 aromatic rings. The molecule has 0 amide bonds. The average Bonchev–Trinajstić information content (AvgIpc) is 3.46. The van der Waals surface area contributed by atoms with Crippen LogP contribution in [0, 0.1) is 0 Å². The van der Waals surface area contributed by atoms with Crippen molar-refractivity contribution in [2.75, 3.05) is 20.3 Å². The van der Waals surface area contributed by atoms with Crippen molar-refractivity contribution in [3.05, 3.63) is 131 Å². The van der Waals surface area contributed by atoms with Crippen LogP contribution in [0.25, 0.3) is 0 Å². The van der Waals surface area contributed by atoms with E-state index in [1.165, 1.54) is 0 Å². The minimum absolute atomic E-state index is 0.0470. The van der Waals surface area contributed by atoms with Gasteiger partial charge in [0.2, 0.25) is 0 Å². The summed E-state index contributed by atoms with van der Waals surface area (Å²) in [5.74, 6) is 0.561. The minimum atomic E-state index is -0.817. The van der Waals surface area contributed by atoms with E-state index in [9.17, 15) is 4.79 Å². The normalized spacial score (nSPS) is 14.3. The molecule has 0 bridgehead atoms. The Hall–Kier alpha value is -3.93. The molecule has 0 aromatic heterocycles. The van der Waals surface area contributed by atoms with Gasteiger partial charge in [0, 0.05) is 23.1 Å². The van der Waals surface area contributed by atoms with Gasteiger partial charge in [-0.3, -0.25) is 4.79 Å². The number of ether oxygens (including phenoxy) is 4. The SMILES string of the molecule is COc1ccc(C(=O)c2ccc(OCc3ccccc3)cc2)c(CCC2(c3ccccc3)OCCO2)c1. The maximum absolute atomic E-state index is 13.6. The number of aryl methyl sites for hydroxylation is 1. The molecule has 1 fully saturated rings. The molecule has 1 aliphatic heterocycles. The molecule has 4 aromatic carbocycles. The van der Waals surface area contributed by atoms with Crippen molar-refractivity contribution in [3.8, 4) is 11.5 Å². The summed E-state index contributed by atoms with van der Waals surface area (Å²) in [4.78, 5) is 13.6. The van der Waals surface area contributed by atoms with E-state index in [4.69, 9.17) is 18.9 Å². The van der Waals surface area contributed by atoms with Crippen LogP contribution in [-0.4, -0.2) is 26.1 Å². The Kier molecular flexibility index (Phi) is 7.64. The Bertz CT molecular complexity index is 1310. The standard InChI is InChI=1S/C32H30O5/c1-34-29-16-17-30(26(22-29)18-19-32(36-20-21-37-32)27-10-6-3-7-11-27)31(33)25-12-14-28(15-13-25)35-23-24-8-4-2-5-9-24/h2-17,22H,18-21,23H2,1H3. The summed E-state index contributed by atoms with van der Waals surface area (Å²) < 4.78 is 23.6. The summed E-state index contributed by atoms with van der Waals surface area (Å²) in [5, 5.41) is 0. The van der Waals surface area contributed by atoms with E-state index < -0.39 is 5.79 Å². The molecule has 5 heteroatoms. The zero-order chi connectivity index (χ0) is 25.5. The van der Waals surface area contributed by atoms with Crippen LogP contribution in [0.3, 0.4) is 0 Å². The molecule has 0 radical (unpaired) electrons. The predicted octanol–water partition coefficient (Wildman–Crippen LogP) is 6.34. The van der Waals surface area contributed by atoms with E-state index in [-0.39, 0.29) is 5.78 Å². The fraction of sp³-hybridized carbons (Fsp3) is 0.219. The smallest absolute Gasteiger partial charge is 0.195 e. The van der Waals surface area contributed by atoms with Gasteiger partial charge in [-0.1, -0.05) is 60.7 Å². The summed E-state index contributed by atoms with van der Waals surface area (Å²) in [6, 6.07) is 32.9. The molecule has 0 atom stereocenters. The van der Waals surface area contributed by atoms with Gasteiger partial charge in [0.05, 0.1) is 20.3 Å². The molecule has 1 aliphatic rings. The first-order valence-corrected chi connectivity index (χ1v) is 12.5. The third kappa shape index (κ3) is 5.74. The summed E-state index contributed by atoms with van der Waals surface area (Å²) >= 11 is 0. The molecule has 0 N–H and O–H groups in total. The highest BCUT2D eigenvalue weighted by molar-refractivity contribution is 6.10. The number of carbonyl (C=O) groups is 1. The first-order chi connectivity index (χ1) is 18.2. The lowest BCUT2D eigenvalue weighted by Gasteiger charge is -2.28. The third-order valence-electron chi connectivity index (χ3n) is 6.61. The first-order valence-electron chi connectivity index (χ1n) is 12.5. The van der Waals surface area contributed by atoms with E-state index in [1.54, 1.807) is 7.11 Å². The minimum Gasteiger partial charge on any atom is -0.497 e. The molecule has 1 saturated heterocycles. The summed E-state index contributed by atoms with van der Waals surface area (Å²) in [5.41, 5.74) is 4.20. The van der Waals surface area contributed by atoms with Crippen molar-refractivity contribution in [2.45, 2.75) is 25.2 Å². The second-order valence-corrected chi connectivity index (χ2v) is 8.97. The lowest BCUT2D eigenvalue weighted by molar-refractivity contribution is -0.170. The Labute approximate surface area is 217 Å². The highest BCUT2D eigenvalue weighted by Gasteiger charge is 2.38. The number of methoxy groups -OCH3 is 1. The van der Waals surface area contributed by atoms with Crippen molar-refractivity contribution in [3.63, 3.8) is 0 Å². The van der Waals surface area contributed by atoms with Crippen LogP contribution in [0.5, 0.6) is 11.5 Å². The molecular weight excluding hydrogens is 464 g/mol. The predicted molar refractivity (Wildman–Crippen MR) is 142 cm³/mol. The van der Waals surface area contributed by atoms with Gasteiger partial charge in [-0.25, -0.2) is 0 Å². The van der Waals surface area contributed by atoms with Crippen LogP contribution in [-0.2, 0) is 28.3 Å². The van der Waals surface area contributed by atoms with Crippen LogP contribution in [0.4, 0.5) is 0 Å². The van der Waals surface area contributed by atoms with E-state index in [2.05, 4.69) is 0 Å². The number of benzene rings is 4. The van der Waals surface area contributed by atoms with Gasteiger partial charge in [0.1, 0.15) is 18.1 Å². The summed E-state index contributed by atoms with van der Waals surface area (Å²) in [7, 11) is 1.63. The zero-order valence-corrected chi connectivity index (χ0v) is 20.9. The molecule has 188 valence electrons. The molecule has 1 heterocycles. The Morgan fingerprint density at radius 1 is 0.811 bits per heavy atom. The van der Waals surface area contributed by atoms with Crippen molar-refractivity contribution >= 4 is 5.78 Å². The fourth-order valence-corrected chi connectivity index (χ4v) is 4.63. The van der Waals surface area contributed by atoms with Crippen molar-refractivity contribution in [2.24, 2.45) is 0 Å². The number of hydrogen-bond acceptors (Lipinski definition) is 5. The molecule has 0 aliphatic carbocycles. The molecule has 5 nitrogen and oxygen atoms in total. The maximum Gasteiger partial charge on any atom is 0.195 e. The Morgan fingerprint density at radius 2 is 1.46 bits per heavy atom. The number of carbonyl (C=O) groups excluding carboxylic acids is 1. The van der Waals surface area contributed by atoms with Crippen LogP contribution >= 0.6 is 0 Å². The van der Waals surface area contributed by atoms with Crippen molar-refractivity contribution in [1.82, 2.24) is 0 Å². The second kappa shape index (κ2) is 11.4. The van der Waals surface area contributed by atoms with E-state index in [0.717, 1.165) is 22.4 Å². The molecule has 0 unspecified atom stereocenters. The molecule has 0 saturated carbocycles. The van der Waals surface area contributed by atoms with Gasteiger partial charge in [0.15, 0.2) is 11.6 Å². The molecule has 5 rings (SSSR count). The van der Waals surface area contributed by atoms with Gasteiger partial charge in [-0.05, 0) is 60.0 Å². The van der Waals surface area contributed by atoms with Crippen LogP contribution in [0.15, 0.2) is 103 Å². The van der Waals surface area contributed by atoms with Gasteiger partial charge >= 0.3 is 0 Å². The number of ketones is 1. The number of hydrogen-bond donors (Lipinski definition) is 0. The Balaban J connectivity index is 1.34. The molecule has 0 spiro atoms. The lowest BCUT2D eigenvalue weighted by atomic mass is 9.92. The van der Waals surface area contributed by atoms with E-state index in [1.807, 2.05) is 103 Å². The van der Waals surface area contributed by atoms with E-state index in [0.29, 0.717) is 49.5 Å².